The zero-order valence-corrected chi connectivity index (χ0v) is 14.2. The van der Waals surface area contributed by atoms with Gasteiger partial charge in [0.1, 0.15) is 11.8 Å². The molecule has 1 aliphatic rings. The fraction of sp³-hybridized carbons (Fsp3) is 0.188. The summed E-state index contributed by atoms with van der Waals surface area (Å²) < 4.78 is 2.56. The molecule has 24 heavy (non-hydrogen) atoms. The molecular formula is C16H14BrN5O2. The summed E-state index contributed by atoms with van der Waals surface area (Å²) in [4.78, 5) is 16.7. The fourth-order valence-electron chi connectivity index (χ4n) is 3.11. The topological polar surface area (TPSA) is 96.8 Å². The van der Waals surface area contributed by atoms with Crippen molar-refractivity contribution in [3.63, 3.8) is 0 Å². The first-order valence-electron chi connectivity index (χ1n) is 7.42. The van der Waals surface area contributed by atoms with Crippen LogP contribution in [-0.2, 0) is 13.0 Å². The zero-order valence-electron chi connectivity index (χ0n) is 12.6. The number of rotatable bonds is 1. The highest BCUT2D eigenvalue weighted by molar-refractivity contribution is 9.10. The Morgan fingerprint density at radius 3 is 2.92 bits per heavy atom. The van der Waals surface area contributed by atoms with E-state index in [1.54, 1.807) is 4.52 Å². The lowest BCUT2D eigenvalue weighted by molar-refractivity contribution is 0.140. The lowest BCUT2D eigenvalue weighted by atomic mass is 9.96. The van der Waals surface area contributed by atoms with Gasteiger partial charge in [0, 0.05) is 23.1 Å². The van der Waals surface area contributed by atoms with Crippen LogP contribution in [0.15, 0.2) is 35.1 Å². The fourth-order valence-corrected chi connectivity index (χ4v) is 3.70. The second kappa shape index (κ2) is 5.48. The summed E-state index contributed by atoms with van der Waals surface area (Å²) in [6, 6.07) is 8.06. The van der Waals surface area contributed by atoms with E-state index in [-0.39, 0.29) is 0 Å². The SMILES string of the molecule is Nc1ncnn2c(-c3ccc4c(c3)CN(C(=O)O)CC4)cc(Br)c12. The van der Waals surface area contributed by atoms with Crippen LogP contribution in [0, 0.1) is 0 Å². The summed E-state index contributed by atoms with van der Waals surface area (Å²) in [7, 11) is 0. The molecule has 3 aromatic rings. The number of fused-ring (bicyclic) bond motifs is 2. The van der Waals surface area contributed by atoms with Crippen molar-refractivity contribution in [2.75, 3.05) is 12.3 Å². The molecule has 0 saturated heterocycles. The number of benzene rings is 1. The van der Waals surface area contributed by atoms with E-state index in [4.69, 9.17) is 5.73 Å². The van der Waals surface area contributed by atoms with Gasteiger partial charge in [0.2, 0.25) is 0 Å². The Hall–Kier alpha value is -2.61. The maximum atomic E-state index is 11.2. The number of nitrogen functional groups attached to an aromatic ring is 1. The van der Waals surface area contributed by atoms with Crippen molar-refractivity contribution >= 4 is 33.4 Å². The van der Waals surface area contributed by atoms with Gasteiger partial charge in [-0.3, -0.25) is 0 Å². The van der Waals surface area contributed by atoms with Crippen molar-refractivity contribution in [1.29, 1.82) is 0 Å². The molecule has 122 valence electrons. The number of carbonyl (C=O) groups is 1. The van der Waals surface area contributed by atoms with Crippen LogP contribution >= 0.6 is 15.9 Å². The van der Waals surface area contributed by atoms with E-state index in [9.17, 15) is 9.90 Å². The quantitative estimate of drug-likeness (QED) is 0.668. The first kappa shape index (κ1) is 14.9. The van der Waals surface area contributed by atoms with E-state index in [2.05, 4.69) is 32.1 Å². The van der Waals surface area contributed by atoms with Crippen molar-refractivity contribution in [3.8, 4) is 11.3 Å². The summed E-state index contributed by atoms with van der Waals surface area (Å²) in [5, 5.41) is 13.5. The highest BCUT2D eigenvalue weighted by Crippen LogP contribution is 2.33. The molecule has 0 atom stereocenters. The Balaban J connectivity index is 1.83. The normalized spacial score (nSPS) is 14.0. The molecule has 1 aliphatic heterocycles. The number of anilines is 1. The van der Waals surface area contributed by atoms with Crippen molar-refractivity contribution in [2.45, 2.75) is 13.0 Å². The number of amides is 1. The summed E-state index contributed by atoms with van der Waals surface area (Å²) in [6.07, 6.45) is 1.26. The second-order valence-electron chi connectivity index (χ2n) is 5.72. The van der Waals surface area contributed by atoms with E-state index < -0.39 is 6.09 Å². The summed E-state index contributed by atoms with van der Waals surface area (Å²) in [5.74, 6) is 0.401. The number of halogens is 1. The molecule has 0 saturated carbocycles. The molecular weight excluding hydrogens is 374 g/mol. The molecule has 1 amide bonds. The van der Waals surface area contributed by atoms with Gasteiger partial charge in [-0.05, 0) is 45.6 Å². The predicted molar refractivity (Wildman–Crippen MR) is 92.7 cm³/mol. The third-order valence-corrected chi connectivity index (χ3v) is 4.93. The Morgan fingerprint density at radius 2 is 2.12 bits per heavy atom. The zero-order chi connectivity index (χ0) is 16.8. The molecule has 0 spiro atoms. The molecule has 1 aromatic carbocycles. The van der Waals surface area contributed by atoms with Crippen molar-refractivity contribution in [2.24, 2.45) is 0 Å². The minimum atomic E-state index is -0.887. The monoisotopic (exact) mass is 387 g/mol. The highest BCUT2D eigenvalue weighted by Gasteiger charge is 2.21. The molecule has 2 aromatic heterocycles. The van der Waals surface area contributed by atoms with Crippen LogP contribution in [0.4, 0.5) is 10.6 Å². The summed E-state index contributed by atoms with van der Waals surface area (Å²) in [6.45, 7) is 0.936. The van der Waals surface area contributed by atoms with Gasteiger partial charge in [-0.25, -0.2) is 14.3 Å². The third-order valence-electron chi connectivity index (χ3n) is 4.32. The first-order chi connectivity index (χ1) is 11.5. The molecule has 0 radical (unpaired) electrons. The number of hydrogen-bond donors (Lipinski definition) is 2. The standard InChI is InChI=1S/C16H14BrN5O2/c17-12-6-13(22-14(12)15(18)19-8-20-22)10-2-1-9-3-4-21(16(23)24)7-11(9)5-10/h1-2,5-6,8H,3-4,7H2,(H,23,24)(H2,18,19,20). The van der Waals surface area contributed by atoms with Crippen LogP contribution in [0.25, 0.3) is 16.8 Å². The number of nitrogens with two attached hydrogens (primary N) is 1. The van der Waals surface area contributed by atoms with Gasteiger partial charge in [0.15, 0.2) is 5.82 Å². The minimum Gasteiger partial charge on any atom is -0.465 e. The molecule has 3 N–H and O–H groups in total. The van der Waals surface area contributed by atoms with Crippen LogP contribution in [-0.4, -0.2) is 37.2 Å². The molecule has 0 unspecified atom stereocenters. The van der Waals surface area contributed by atoms with Gasteiger partial charge in [-0.2, -0.15) is 5.10 Å². The largest absolute Gasteiger partial charge is 0.465 e. The smallest absolute Gasteiger partial charge is 0.407 e. The van der Waals surface area contributed by atoms with Crippen LogP contribution in [0.2, 0.25) is 0 Å². The number of carboxylic acid groups (broad SMARTS) is 1. The molecule has 4 rings (SSSR count). The summed E-state index contributed by atoms with van der Waals surface area (Å²) in [5.41, 5.74) is 10.7. The van der Waals surface area contributed by atoms with E-state index in [1.807, 2.05) is 18.2 Å². The number of aromatic nitrogens is 3. The predicted octanol–water partition coefficient (Wildman–Crippen LogP) is 2.78. The average molecular weight is 388 g/mol. The molecule has 0 aliphatic carbocycles. The Kier molecular flexibility index (Phi) is 3.42. The van der Waals surface area contributed by atoms with E-state index >= 15 is 0 Å². The van der Waals surface area contributed by atoms with Crippen LogP contribution in [0.1, 0.15) is 11.1 Å². The molecule has 3 heterocycles. The van der Waals surface area contributed by atoms with Gasteiger partial charge in [-0.1, -0.05) is 12.1 Å². The van der Waals surface area contributed by atoms with Crippen LogP contribution in [0.3, 0.4) is 0 Å². The van der Waals surface area contributed by atoms with E-state index in [0.29, 0.717) is 18.9 Å². The van der Waals surface area contributed by atoms with Gasteiger partial charge < -0.3 is 15.7 Å². The summed E-state index contributed by atoms with van der Waals surface area (Å²) >= 11 is 3.50. The molecule has 0 bridgehead atoms. The van der Waals surface area contributed by atoms with Crippen molar-refractivity contribution in [3.05, 3.63) is 46.2 Å². The van der Waals surface area contributed by atoms with Gasteiger partial charge >= 0.3 is 6.09 Å². The molecule has 8 heteroatoms. The van der Waals surface area contributed by atoms with Gasteiger partial charge in [-0.15, -0.1) is 0 Å². The third kappa shape index (κ3) is 2.30. The molecule has 7 nitrogen and oxygen atoms in total. The highest BCUT2D eigenvalue weighted by atomic mass is 79.9. The maximum absolute atomic E-state index is 11.2. The van der Waals surface area contributed by atoms with Gasteiger partial charge in [0.25, 0.3) is 0 Å². The maximum Gasteiger partial charge on any atom is 0.407 e. The van der Waals surface area contributed by atoms with Crippen molar-refractivity contribution < 1.29 is 9.90 Å². The van der Waals surface area contributed by atoms with Crippen LogP contribution < -0.4 is 5.73 Å². The van der Waals surface area contributed by atoms with Crippen molar-refractivity contribution in [1.82, 2.24) is 19.5 Å². The Bertz CT molecular complexity index is 969. The van der Waals surface area contributed by atoms with E-state index in [0.717, 1.165) is 33.2 Å². The Morgan fingerprint density at radius 1 is 1.29 bits per heavy atom. The minimum absolute atomic E-state index is 0.401. The first-order valence-corrected chi connectivity index (χ1v) is 8.21. The van der Waals surface area contributed by atoms with E-state index in [1.165, 1.54) is 16.8 Å². The Labute approximate surface area is 145 Å². The molecule has 0 fully saturated rings. The second-order valence-corrected chi connectivity index (χ2v) is 6.58. The van der Waals surface area contributed by atoms with Gasteiger partial charge in [0.05, 0.1) is 5.69 Å². The average Bonchev–Trinajstić information content (AvgIpc) is 2.92. The lowest BCUT2D eigenvalue weighted by Gasteiger charge is -2.26. The number of nitrogens with zero attached hydrogens (tertiary/aromatic N) is 4. The van der Waals surface area contributed by atoms with Crippen LogP contribution in [0.5, 0.6) is 0 Å². The number of hydrogen-bond acceptors (Lipinski definition) is 4. The lowest BCUT2D eigenvalue weighted by Crippen LogP contribution is -2.34.